The van der Waals surface area contributed by atoms with Crippen molar-refractivity contribution in [1.29, 1.82) is 0 Å². The number of nitrogens with two attached hydrogens (primary N) is 1. The highest BCUT2D eigenvalue weighted by Gasteiger charge is 2.09. The number of halogens is 1. The summed E-state index contributed by atoms with van der Waals surface area (Å²) in [5, 5.41) is 3.16. The zero-order valence-corrected chi connectivity index (χ0v) is 14.9. The number of rotatable bonds is 8. The summed E-state index contributed by atoms with van der Waals surface area (Å²) in [4.78, 5) is 6.90. The van der Waals surface area contributed by atoms with Crippen LogP contribution in [0.3, 0.4) is 0 Å². The topological polar surface area (TPSA) is 53.6 Å². The lowest BCUT2D eigenvalue weighted by molar-refractivity contribution is 0.331. The third-order valence-electron chi connectivity index (χ3n) is 3.39. The summed E-state index contributed by atoms with van der Waals surface area (Å²) in [6, 6.07) is 0. The maximum Gasteiger partial charge on any atom is 0.188 e. The highest BCUT2D eigenvalue weighted by atomic mass is 127. The van der Waals surface area contributed by atoms with Gasteiger partial charge in [0, 0.05) is 13.1 Å². The van der Waals surface area contributed by atoms with E-state index in [4.69, 9.17) is 5.73 Å². The molecule has 1 heterocycles. The van der Waals surface area contributed by atoms with Crippen LogP contribution in [-0.4, -0.2) is 43.6 Å². The van der Waals surface area contributed by atoms with Crippen molar-refractivity contribution in [1.82, 2.24) is 10.2 Å². The fourth-order valence-electron chi connectivity index (χ4n) is 2.20. The Morgan fingerprint density at radius 3 is 2.58 bits per heavy atom. The lowest BCUT2D eigenvalue weighted by Gasteiger charge is -2.13. The number of likely N-dealkylation sites (tertiary alicyclic amines) is 1. The van der Waals surface area contributed by atoms with E-state index in [2.05, 4.69) is 29.1 Å². The van der Waals surface area contributed by atoms with Gasteiger partial charge in [0.15, 0.2) is 5.96 Å². The summed E-state index contributed by atoms with van der Waals surface area (Å²) in [6.07, 6.45) is 6.28. The van der Waals surface area contributed by atoms with Crippen molar-refractivity contribution in [2.45, 2.75) is 46.0 Å². The van der Waals surface area contributed by atoms with Gasteiger partial charge < -0.3 is 16.0 Å². The highest BCUT2D eigenvalue weighted by Crippen LogP contribution is 2.08. The monoisotopic (exact) mass is 382 g/mol. The molecule has 19 heavy (non-hydrogen) atoms. The van der Waals surface area contributed by atoms with E-state index in [1.807, 2.05) is 0 Å². The van der Waals surface area contributed by atoms with Crippen LogP contribution in [0.25, 0.3) is 0 Å². The average molecular weight is 382 g/mol. The van der Waals surface area contributed by atoms with Crippen molar-refractivity contribution in [3.05, 3.63) is 0 Å². The fourth-order valence-corrected chi connectivity index (χ4v) is 2.20. The third-order valence-corrected chi connectivity index (χ3v) is 3.39. The molecule has 0 aromatic carbocycles. The summed E-state index contributed by atoms with van der Waals surface area (Å²) < 4.78 is 0. The van der Waals surface area contributed by atoms with Crippen LogP contribution in [0.15, 0.2) is 4.99 Å². The summed E-state index contributed by atoms with van der Waals surface area (Å²) in [6.45, 7) is 10.0. The Kier molecular flexibility index (Phi) is 11.7. The highest BCUT2D eigenvalue weighted by molar-refractivity contribution is 14.0. The molecule has 0 aliphatic carbocycles. The van der Waals surface area contributed by atoms with Gasteiger partial charge in [0.2, 0.25) is 0 Å². The normalized spacial score (nSPS) is 16.7. The molecule has 0 amide bonds. The molecule has 1 aliphatic rings. The zero-order valence-electron chi connectivity index (χ0n) is 12.5. The van der Waals surface area contributed by atoms with Crippen LogP contribution in [0.5, 0.6) is 0 Å². The van der Waals surface area contributed by atoms with E-state index in [1.54, 1.807) is 0 Å². The van der Waals surface area contributed by atoms with Crippen LogP contribution in [0.1, 0.15) is 46.0 Å². The van der Waals surface area contributed by atoms with Crippen LogP contribution in [0, 0.1) is 5.92 Å². The van der Waals surface area contributed by atoms with Crippen molar-refractivity contribution in [3.63, 3.8) is 0 Å². The lowest BCUT2D eigenvalue weighted by Crippen LogP contribution is -2.33. The number of guanidine groups is 1. The fraction of sp³-hybridized carbons (Fsp3) is 0.929. The molecule has 1 aliphatic heterocycles. The molecular weight excluding hydrogens is 351 g/mol. The second-order valence-electron chi connectivity index (χ2n) is 5.63. The van der Waals surface area contributed by atoms with Crippen molar-refractivity contribution in [3.8, 4) is 0 Å². The minimum absolute atomic E-state index is 0. The maximum absolute atomic E-state index is 5.79. The first kappa shape index (κ1) is 19.0. The zero-order chi connectivity index (χ0) is 13.2. The standard InChI is InChI=1S/C14H30N4.HI/c1-13(2)7-9-17-14(15)16-8-3-4-10-18-11-5-6-12-18;/h13H,3-12H2,1-2H3,(H3,15,16,17);1H. The minimum Gasteiger partial charge on any atom is -0.370 e. The summed E-state index contributed by atoms with van der Waals surface area (Å²) in [5.41, 5.74) is 5.79. The number of unbranched alkanes of at least 4 members (excludes halogenated alkanes) is 1. The van der Waals surface area contributed by atoms with E-state index in [9.17, 15) is 0 Å². The lowest BCUT2D eigenvalue weighted by atomic mass is 10.1. The van der Waals surface area contributed by atoms with Gasteiger partial charge in [-0.15, -0.1) is 24.0 Å². The Balaban J connectivity index is 0.00000324. The average Bonchev–Trinajstić information content (AvgIpc) is 2.81. The van der Waals surface area contributed by atoms with Gasteiger partial charge in [-0.2, -0.15) is 0 Å². The minimum atomic E-state index is 0. The first-order chi connectivity index (χ1) is 8.68. The molecule has 0 aromatic rings. The number of hydrogen-bond acceptors (Lipinski definition) is 2. The SMILES string of the molecule is CC(C)CCNC(N)=NCCCCN1CCCC1.I. The molecule has 114 valence electrons. The van der Waals surface area contributed by atoms with E-state index in [-0.39, 0.29) is 24.0 Å². The molecule has 3 N–H and O–H groups in total. The molecule has 0 atom stereocenters. The van der Waals surface area contributed by atoms with Gasteiger partial charge in [-0.05, 0) is 57.7 Å². The molecule has 0 bridgehead atoms. The largest absolute Gasteiger partial charge is 0.370 e. The number of aliphatic imine (C=N–C) groups is 1. The Morgan fingerprint density at radius 1 is 1.26 bits per heavy atom. The van der Waals surface area contributed by atoms with Gasteiger partial charge in [-0.25, -0.2) is 0 Å². The molecular formula is C14H31IN4. The Hall–Kier alpha value is -0.0400. The van der Waals surface area contributed by atoms with Crippen molar-refractivity contribution < 1.29 is 0 Å². The third kappa shape index (κ3) is 10.4. The molecule has 1 rings (SSSR count). The summed E-state index contributed by atoms with van der Waals surface area (Å²) >= 11 is 0. The van der Waals surface area contributed by atoms with E-state index < -0.39 is 0 Å². The van der Waals surface area contributed by atoms with Gasteiger partial charge in [0.05, 0.1) is 0 Å². The van der Waals surface area contributed by atoms with Crippen LogP contribution < -0.4 is 11.1 Å². The van der Waals surface area contributed by atoms with Gasteiger partial charge in [0.1, 0.15) is 0 Å². The molecule has 0 aromatic heterocycles. The smallest absolute Gasteiger partial charge is 0.188 e. The second-order valence-corrected chi connectivity index (χ2v) is 5.63. The first-order valence-corrected chi connectivity index (χ1v) is 7.44. The van der Waals surface area contributed by atoms with E-state index in [0.29, 0.717) is 11.9 Å². The molecule has 1 fully saturated rings. The van der Waals surface area contributed by atoms with Crippen LogP contribution in [-0.2, 0) is 0 Å². The second kappa shape index (κ2) is 11.8. The number of nitrogens with one attached hydrogen (secondary N) is 1. The maximum atomic E-state index is 5.79. The Morgan fingerprint density at radius 2 is 1.95 bits per heavy atom. The molecule has 0 saturated carbocycles. The van der Waals surface area contributed by atoms with Gasteiger partial charge in [-0.1, -0.05) is 13.8 Å². The molecule has 4 nitrogen and oxygen atoms in total. The van der Waals surface area contributed by atoms with Crippen molar-refractivity contribution in [2.75, 3.05) is 32.7 Å². The van der Waals surface area contributed by atoms with Crippen LogP contribution in [0.4, 0.5) is 0 Å². The number of hydrogen-bond donors (Lipinski definition) is 2. The quantitative estimate of drug-likeness (QED) is 0.294. The van der Waals surface area contributed by atoms with E-state index >= 15 is 0 Å². The van der Waals surface area contributed by atoms with E-state index in [1.165, 1.54) is 38.9 Å². The predicted molar refractivity (Wildman–Crippen MR) is 94.3 cm³/mol. The molecule has 1 saturated heterocycles. The molecule has 5 heteroatoms. The first-order valence-electron chi connectivity index (χ1n) is 7.44. The number of nitrogens with zero attached hydrogens (tertiary/aromatic N) is 2. The van der Waals surface area contributed by atoms with Gasteiger partial charge >= 0.3 is 0 Å². The predicted octanol–water partition coefficient (Wildman–Crippen LogP) is 2.43. The molecule has 0 spiro atoms. The van der Waals surface area contributed by atoms with Crippen LogP contribution >= 0.6 is 24.0 Å². The molecule has 0 radical (unpaired) electrons. The van der Waals surface area contributed by atoms with Crippen molar-refractivity contribution >= 4 is 29.9 Å². The Labute approximate surface area is 135 Å². The summed E-state index contributed by atoms with van der Waals surface area (Å²) in [7, 11) is 0. The van der Waals surface area contributed by atoms with Crippen LogP contribution in [0.2, 0.25) is 0 Å². The van der Waals surface area contributed by atoms with Gasteiger partial charge in [-0.3, -0.25) is 4.99 Å². The Bertz CT molecular complexity index is 238. The van der Waals surface area contributed by atoms with Crippen molar-refractivity contribution in [2.24, 2.45) is 16.6 Å². The van der Waals surface area contributed by atoms with Gasteiger partial charge in [0.25, 0.3) is 0 Å². The molecule has 0 unspecified atom stereocenters. The van der Waals surface area contributed by atoms with E-state index in [0.717, 1.165) is 25.9 Å². The summed E-state index contributed by atoms with van der Waals surface area (Å²) in [5.74, 6) is 1.32.